The van der Waals surface area contributed by atoms with Gasteiger partial charge in [-0.05, 0) is 6.54 Å². The Morgan fingerprint density at radius 1 is 1.10 bits per heavy atom. The average molecular weight is 174 g/mol. The van der Waals surface area contributed by atoms with Crippen molar-refractivity contribution in [3.05, 3.63) is 0 Å². The molecule has 0 saturated heterocycles. The lowest BCUT2D eigenvalue weighted by Gasteiger charge is -2.16. The highest BCUT2D eigenvalue weighted by atomic mass is 35.5. The molecule has 0 aliphatic heterocycles. The van der Waals surface area contributed by atoms with Crippen molar-refractivity contribution in [1.29, 1.82) is 0 Å². The van der Waals surface area contributed by atoms with Gasteiger partial charge in [-0.1, -0.05) is 6.92 Å². The first kappa shape index (κ1) is 12.8. The number of hydrogen-bond donors (Lipinski definition) is 2. The zero-order chi connectivity index (χ0) is 7.11. The van der Waals surface area contributed by atoms with E-state index in [9.17, 15) is 0 Å². The first-order valence-electron chi connectivity index (χ1n) is 3.29. The minimum absolute atomic E-state index is 0. The molecule has 0 aliphatic carbocycles. The van der Waals surface area contributed by atoms with Gasteiger partial charge in [0.05, 0.1) is 13.2 Å². The van der Waals surface area contributed by atoms with Crippen LogP contribution in [-0.4, -0.2) is 48.0 Å². The quantitative estimate of drug-likeness (QED) is 0.562. The molecule has 3 nitrogen and oxygen atoms in total. The molecule has 0 aliphatic rings. The van der Waals surface area contributed by atoms with Crippen LogP contribution in [0.3, 0.4) is 0 Å². The van der Waals surface area contributed by atoms with Gasteiger partial charge in [0, 0.05) is 13.1 Å². The molecule has 0 atom stereocenters. The third-order valence-corrected chi connectivity index (χ3v) is 1.28. The summed E-state index contributed by atoms with van der Waals surface area (Å²) in [7, 11) is 0. The highest BCUT2D eigenvalue weighted by Gasteiger charge is 1.97. The number of hydrogen-bond acceptors (Lipinski definition) is 3. The van der Waals surface area contributed by atoms with Crippen LogP contribution in [-0.2, 0) is 0 Å². The molecule has 2 N–H and O–H groups in total. The van der Waals surface area contributed by atoms with Gasteiger partial charge in [-0.3, -0.25) is 4.90 Å². The predicted octanol–water partition coefficient (Wildman–Crippen LogP) is -0.285. The highest BCUT2D eigenvalue weighted by molar-refractivity contribution is 5.85. The predicted molar refractivity (Wildman–Crippen MR) is 43.5 cm³/mol. The fourth-order valence-electron chi connectivity index (χ4n) is 0.711. The van der Waals surface area contributed by atoms with E-state index in [0.717, 1.165) is 6.54 Å². The molecule has 0 aromatic rings. The molecule has 0 radical (unpaired) electrons. The molecule has 0 spiro atoms. The molecule has 0 rings (SSSR count). The van der Waals surface area contributed by atoms with Gasteiger partial charge in [0.2, 0.25) is 0 Å². The molecule has 0 amide bonds. The van der Waals surface area contributed by atoms with Gasteiger partial charge >= 0.3 is 0 Å². The van der Waals surface area contributed by atoms with Crippen molar-refractivity contribution in [3.8, 4) is 0 Å². The Hall–Kier alpha value is 0.170. The van der Waals surface area contributed by atoms with Gasteiger partial charge < -0.3 is 10.2 Å². The molecule has 0 unspecified atom stereocenters. The molecule has 0 fully saturated rings. The SMILES string of the molecule is CCN([13CH2][13CH2]O)[13CH2][13CH2]O.Cl. The number of nitrogens with zero attached hydrogens (tertiary/aromatic N) is 1. The van der Waals surface area contributed by atoms with Crippen LogP contribution in [0.1, 0.15) is 6.92 Å². The maximum Gasteiger partial charge on any atom is 0.0558 e. The first-order chi connectivity index (χ1) is 4.35. The van der Waals surface area contributed by atoms with Crippen molar-refractivity contribution in [2.75, 3.05) is 32.8 Å². The van der Waals surface area contributed by atoms with Gasteiger partial charge in [0.15, 0.2) is 0 Å². The average Bonchev–Trinajstić information content (AvgIpc) is 1.88. The van der Waals surface area contributed by atoms with Gasteiger partial charge in [-0.25, -0.2) is 0 Å². The summed E-state index contributed by atoms with van der Waals surface area (Å²) < 4.78 is 0. The van der Waals surface area contributed by atoms with Crippen LogP contribution in [0.5, 0.6) is 0 Å². The lowest BCUT2D eigenvalue weighted by molar-refractivity contribution is 0.166. The minimum atomic E-state index is 0. The van der Waals surface area contributed by atoms with Gasteiger partial charge in [-0.15, -0.1) is 12.4 Å². The second-order valence-electron chi connectivity index (χ2n) is 1.88. The van der Waals surface area contributed by atoms with E-state index in [4.69, 9.17) is 10.2 Å². The number of aliphatic hydroxyl groups is 2. The van der Waals surface area contributed by atoms with Crippen molar-refractivity contribution in [3.63, 3.8) is 0 Å². The number of rotatable bonds is 5. The van der Waals surface area contributed by atoms with E-state index < -0.39 is 0 Å². The van der Waals surface area contributed by atoms with E-state index in [1.165, 1.54) is 0 Å². The van der Waals surface area contributed by atoms with Crippen LogP contribution >= 0.6 is 12.4 Å². The van der Waals surface area contributed by atoms with E-state index in [1.807, 2.05) is 11.8 Å². The van der Waals surface area contributed by atoms with E-state index in [2.05, 4.69) is 0 Å². The minimum Gasteiger partial charge on any atom is -0.395 e. The van der Waals surface area contributed by atoms with Crippen LogP contribution in [0.4, 0.5) is 0 Å². The first-order valence-corrected chi connectivity index (χ1v) is 3.29. The second kappa shape index (κ2) is 9.17. The Labute approximate surface area is 68.1 Å². The van der Waals surface area contributed by atoms with Crippen LogP contribution in [0.25, 0.3) is 0 Å². The van der Waals surface area contributed by atoms with Crippen LogP contribution in [0, 0.1) is 0 Å². The largest absolute Gasteiger partial charge is 0.395 e. The zero-order valence-corrected chi connectivity index (χ0v) is 7.10. The molecular formula is C6H16ClNO2. The summed E-state index contributed by atoms with van der Waals surface area (Å²) in [5, 5.41) is 16.9. The lowest BCUT2D eigenvalue weighted by atomic mass is 10.7. The van der Waals surface area contributed by atoms with Gasteiger partial charge in [0.25, 0.3) is 0 Å². The molecule has 10 heavy (non-hydrogen) atoms. The number of aliphatic hydroxyl groups excluding tert-OH is 2. The van der Waals surface area contributed by atoms with Crippen LogP contribution in [0.15, 0.2) is 0 Å². The Bertz CT molecular complexity index is 57.7. The number of halogens is 1. The lowest BCUT2D eigenvalue weighted by Crippen LogP contribution is -2.29. The summed E-state index contributed by atoms with van der Waals surface area (Å²) in [5.74, 6) is 0. The van der Waals surface area contributed by atoms with E-state index in [-0.39, 0.29) is 25.6 Å². The zero-order valence-electron chi connectivity index (χ0n) is 6.29. The van der Waals surface area contributed by atoms with Crippen LogP contribution in [0.2, 0.25) is 0 Å². The molecular weight excluding hydrogens is 157 g/mol. The summed E-state index contributed by atoms with van der Waals surface area (Å²) in [4.78, 5) is 1.99. The Morgan fingerprint density at radius 2 is 1.50 bits per heavy atom. The van der Waals surface area contributed by atoms with Crippen molar-refractivity contribution in [2.24, 2.45) is 0 Å². The third kappa shape index (κ3) is 6.29. The third-order valence-electron chi connectivity index (χ3n) is 1.28. The van der Waals surface area contributed by atoms with Gasteiger partial charge in [0.1, 0.15) is 0 Å². The van der Waals surface area contributed by atoms with E-state index in [1.54, 1.807) is 0 Å². The monoisotopic (exact) mass is 173 g/mol. The summed E-state index contributed by atoms with van der Waals surface area (Å²) in [6, 6.07) is 0. The Morgan fingerprint density at radius 3 is 1.70 bits per heavy atom. The second-order valence-corrected chi connectivity index (χ2v) is 1.88. The smallest absolute Gasteiger partial charge is 0.0558 e. The van der Waals surface area contributed by atoms with Crippen molar-refractivity contribution in [2.45, 2.75) is 6.92 Å². The molecule has 0 heterocycles. The van der Waals surface area contributed by atoms with Crippen molar-refractivity contribution < 1.29 is 10.2 Å². The summed E-state index contributed by atoms with van der Waals surface area (Å²) in [6.07, 6.45) is 0. The fraction of sp³-hybridized carbons (Fsp3) is 1.00. The maximum atomic E-state index is 8.47. The Kier molecular flexibility index (Phi) is 11.7. The molecule has 0 bridgehead atoms. The molecule has 0 aromatic carbocycles. The summed E-state index contributed by atoms with van der Waals surface area (Å²) in [6.45, 7) is 4.57. The maximum absolute atomic E-state index is 8.47. The Balaban J connectivity index is 0. The van der Waals surface area contributed by atoms with Crippen molar-refractivity contribution in [1.82, 2.24) is 4.90 Å². The molecule has 64 valence electrons. The molecule has 0 saturated carbocycles. The highest BCUT2D eigenvalue weighted by Crippen LogP contribution is 1.83. The topological polar surface area (TPSA) is 43.7 Å². The number of likely N-dealkylation sites (N-methyl/N-ethyl adjacent to an activating group) is 1. The fourth-order valence-corrected chi connectivity index (χ4v) is 0.711. The van der Waals surface area contributed by atoms with E-state index in [0.29, 0.717) is 13.1 Å². The molecule has 4 heteroatoms. The summed E-state index contributed by atoms with van der Waals surface area (Å²) in [5.41, 5.74) is 0. The van der Waals surface area contributed by atoms with Crippen LogP contribution < -0.4 is 0 Å². The summed E-state index contributed by atoms with van der Waals surface area (Å²) >= 11 is 0. The van der Waals surface area contributed by atoms with E-state index >= 15 is 0 Å². The normalized spacial score (nSPS) is 9.60. The van der Waals surface area contributed by atoms with Crippen molar-refractivity contribution >= 4 is 12.4 Å². The van der Waals surface area contributed by atoms with Gasteiger partial charge in [-0.2, -0.15) is 0 Å². The molecule has 0 aromatic heterocycles. The standard InChI is InChI=1S/C6H15NO2.ClH/c1-2-7(3-5-8)4-6-9;/h8-9H,2-6H2,1H3;1H/i3+1,4+1,5+1,6+1;.